The molecule has 1 aliphatic rings. The smallest absolute Gasteiger partial charge is 0.220 e. The summed E-state index contributed by atoms with van der Waals surface area (Å²) in [7, 11) is 0. The first-order valence-corrected chi connectivity index (χ1v) is 10.3. The second kappa shape index (κ2) is 9.16. The third kappa shape index (κ3) is 5.16. The molecule has 1 unspecified atom stereocenters. The molecule has 4 heteroatoms. The fourth-order valence-corrected chi connectivity index (χ4v) is 4.30. The summed E-state index contributed by atoms with van der Waals surface area (Å²) in [6.45, 7) is 5.16. The zero-order valence-electron chi connectivity index (χ0n) is 15.0. The van der Waals surface area contributed by atoms with Crippen LogP contribution in [-0.2, 0) is 17.6 Å². The highest BCUT2D eigenvalue weighted by Crippen LogP contribution is 2.27. The van der Waals surface area contributed by atoms with E-state index < -0.39 is 0 Å². The van der Waals surface area contributed by atoms with Gasteiger partial charge in [-0.25, -0.2) is 0 Å². The average molecular weight is 357 g/mol. The van der Waals surface area contributed by atoms with Gasteiger partial charge in [0.2, 0.25) is 5.91 Å². The van der Waals surface area contributed by atoms with Crippen molar-refractivity contribution in [1.82, 2.24) is 10.2 Å². The highest BCUT2D eigenvalue weighted by atomic mass is 32.1. The summed E-state index contributed by atoms with van der Waals surface area (Å²) < 4.78 is 0. The molecular formula is C21H28N2OS. The Morgan fingerprint density at radius 2 is 1.88 bits per heavy atom. The molecule has 2 aromatic rings. The first kappa shape index (κ1) is 18.2. The lowest BCUT2D eigenvalue weighted by Crippen LogP contribution is -2.36. The van der Waals surface area contributed by atoms with Crippen LogP contribution in [-0.4, -0.2) is 30.4 Å². The van der Waals surface area contributed by atoms with E-state index in [9.17, 15) is 4.79 Å². The second-order valence-electron chi connectivity index (χ2n) is 6.75. The molecule has 1 saturated heterocycles. The van der Waals surface area contributed by atoms with Gasteiger partial charge >= 0.3 is 0 Å². The van der Waals surface area contributed by atoms with Gasteiger partial charge in [0, 0.05) is 17.8 Å². The van der Waals surface area contributed by atoms with Crippen LogP contribution in [0.15, 0.2) is 41.8 Å². The number of nitrogens with one attached hydrogen (secondary N) is 1. The Kier molecular flexibility index (Phi) is 6.65. The quantitative estimate of drug-likeness (QED) is 0.769. The maximum atomic E-state index is 12.3. The number of nitrogens with zero attached hydrogens (tertiary/aromatic N) is 1. The molecule has 0 aliphatic carbocycles. The molecule has 0 bridgehead atoms. The Balaban J connectivity index is 1.49. The average Bonchev–Trinajstić information content (AvgIpc) is 3.35. The van der Waals surface area contributed by atoms with Crippen LogP contribution in [0.2, 0.25) is 0 Å². The lowest BCUT2D eigenvalue weighted by Gasteiger charge is -2.26. The molecule has 1 aliphatic heterocycles. The van der Waals surface area contributed by atoms with Gasteiger partial charge in [-0.15, -0.1) is 11.3 Å². The van der Waals surface area contributed by atoms with E-state index in [0.717, 1.165) is 25.9 Å². The van der Waals surface area contributed by atoms with E-state index in [4.69, 9.17) is 0 Å². The van der Waals surface area contributed by atoms with Crippen molar-refractivity contribution in [2.24, 2.45) is 0 Å². The molecule has 3 nitrogen and oxygen atoms in total. The van der Waals surface area contributed by atoms with Crippen molar-refractivity contribution < 1.29 is 4.79 Å². The van der Waals surface area contributed by atoms with Crippen LogP contribution in [0.25, 0.3) is 0 Å². The normalized spacial score (nSPS) is 16.0. The first-order valence-electron chi connectivity index (χ1n) is 9.38. The van der Waals surface area contributed by atoms with Crippen molar-refractivity contribution in [2.75, 3.05) is 19.6 Å². The lowest BCUT2D eigenvalue weighted by atomic mass is 10.1. The molecule has 1 N–H and O–H groups in total. The minimum atomic E-state index is 0.153. The number of rotatable bonds is 8. The number of thiophene rings is 1. The van der Waals surface area contributed by atoms with Gasteiger partial charge in [-0.2, -0.15) is 0 Å². The van der Waals surface area contributed by atoms with E-state index in [0.29, 0.717) is 19.0 Å². The minimum Gasteiger partial charge on any atom is -0.354 e. The van der Waals surface area contributed by atoms with Gasteiger partial charge in [0.05, 0.1) is 6.04 Å². The Morgan fingerprint density at radius 1 is 1.16 bits per heavy atom. The Labute approximate surface area is 155 Å². The van der Waals surface area contributed by atoms with Crippen LogP contribution in [0.4, 0.5) is 0 Å². The fourth-order valence-electron chi connectivity index (χ4n) is 3.44. The molecular weight excluding hydrogens is 328 g/mol. The summed E-state index contributed by atoms with van der Waals surface area (Å²) in [5.41, 5.74) is 2.58. The summed E-state index contributed by atoms with van der Waals surface area (Å²) in [5, 5.41) is 5.29. The predicted molar refractivity (Wildman–Crippen MR) is 105 cm³/mol. The molecule has 1 atom stereocenters. The molecule has 25 heavy (non-hydrogen) atoms. The highest BCUT2D eigenvalue weighted by Gasteiger charge is 2.24. The SMILES string of the molecule is CCc1ccc(CCC(=O)NCC(c2cccs2)N2CCCC2)cc1. The molecule has 1 fully saturated rings. The highest BCUT2D eigenvalue weighted by molar-refractivity contribution is 7.10. The summed E-state index contributed by atoms with van der Waals surface area (Å²) in [4.78, 5) is 16.2. The van der Waals surface area contributed by atoms with Crippen molar-refractivity contribution in [3.63, 3.8) is 0 Å². The third-order valence-corrected chi connectivity index (χ3v) is 5.99. The Hall–Kier alpha value is -1.65. The van der Waals surface area contributed by atoms with Crippen LogP contribution in [0, 0.1) is 0 Å². The topological polar surface area (TPSA) is 32.3 Å². The van der Waals surface area contributed by atoms with E-state index in [1.165, 1.54) is 28.8 Å². The minimum absolute atomic E-state index is 0.153. The van der Waals surface area contributed by atoms with E-state index in [1.807, 2.05) is 0 Å². The molecule has 1 aromatic heterocycles. The number of hydrogen-bond donors (Lipinski definition) is 1. The van der Waals surface area contributed by atoms with Crippen molar-refractivity contribution in [3.8, 4) is 0 Å². The number of amides is 1. The predicted octanol–water partition coefficient (Wildman–Crippen LogP) is 4.20. The van der Waals surface area contributed by atoms with Crippen LogP contribution in [0.5, 0.6) is 0 Å². The van der Waals surface area contributed by atoms with Crippen molar-refractivity contribution in [2.45, 2.75) is 45.1 Å². The molecule has 0 spiro atoms. The van der Waals surface area contributed by atoms with Gasteiger partial charge in [0.15, 0.2) is 0 Å². The van der Waals surface area contributed by atoms with E-state index >= 15 is 0 Å². The monoisotopic (exact) mass is 356 g/mol. The number of likely N-dealkylation sites (tertiary alicyclic amines) is 1. The molecule has 1 aromatic carbocycles. The summed E-state index contributed by atoms with van der Waals surface area (Å²) in [6.07, 6.45) is 4.96. The van der Waals surface area contributed by atoms with Crippen molar-refractivity contribution in [3.05, 3.63) is 57.8 Å². The van der Waals surface area contributed by atoms with E-state index in [1.54, 1.807) is 11.3 Å². The maximum absolute atomic E-state index is 12.3. The van der Waals surface area contributed by atoms with Gasteiger partial charge < -0.3 is 5.32 Å². The van der Waals surface area contributed by atoms with Gasteiger partial charge in [-0.1, -0.05) is 37.3 Å². The Morgan fingerprint density at radius 3 is 2.52 bits per heavy atom. The van der Waals surface area contributed by atoms with Crippen LogP contribution >= 0.6 is 11.3 Å². The first-order chi connectivity index (χ1) is 12.3. The Bertz CT molecular complexity index is 645. The fraction of sp³-hybridized carbons (Fsp3) is 0.476. The van der Waals surface area contributed by atoms with Crippen LogP contribution in [0.3, 0.4) is 0 Å². The van der Waals surface area contributed by atoms with Crippen molar-refractivity contribution >= 4 is 17.2 Å². The third-order valence-electron chi connectivity index (χ3n) is 5.02. The number of carbonyl (C=O) groups is 1. The van der Waals surface area contributed by atoms with Gasteiger partial charge in [0.1, 0.15) is 0 Å². The standard InChI is InChI=1S/C21H28N2OS/c1-2-17-7-9-18(10-8-17)11-12-21(24)22-16-19(20-6-5-15-25-20)23-13-3-4-14-23/h5-10,15,19H,2-4,11-14,16H2,1H3,(H,22,24). The molecule has 1 amide bonds. The van der Waals surface area contributed by atoms with Crippen molar-refractivity contribution in [1.29, 1.82) is 0 Å². The summed E-state index contributed by atoms with van der Waals surface area (Å²) >= 11 is 1.79. The molecule has 0 radical (unpaired) electrons. The largest absolute Gasteiger partial charge is 0.354 e. The number of aryl methyl sites for hydroxylation is 2. The zero-order valence-corrected chi connectivity index (χ0v) is 15.9. The molecule has 134 valence electrons. The summed E-state index contributed by atoms with van der Waals surface area (Å²) in [5.74, 6) is 0.153. The number of benzene rings is 1. The van der Waals surface area contributed by atoms with Crippen LogP contribution in [0.1, 0.15) is 48.2 Å². The van der Waals surface area contributed by atoms with Gasteiger partial charge in [0.25, 0.3) is 0 Å². The maximum Gasteiger partial charge on any atom is 0.220 e. The lowest BCUT2D eigenvalue weighted by molar-refractivity contribution is -0.121. The van der Waals surface area contributed by atoms with E-state index in [-0.39, 0.29) is 5.91 Å². The number of carbonyl (C=O) groups excluding carboxylic acids is 1. The molecule has 0 saturated carbocycles. The van der Waals surface area contributed by atoms with Gasteiger partial charge in [-0.05, 0) is 61.3 Å². The van der Waals surface area contributed by atoms with E-state index in [2.05, 4.69) is 58.9 Å². The second-order valence-corrected chi connectivity index (χ2v) is 7.73. The molecule has 3 rings (SSSR count). The number of hydrogen-bond acceptors (Lipinski definition) is 3. The zero-order chi connectivity index (χ0) is 17.5. The molecule has 2 heterocycles. The summed E-state index contributed by atoms with van der Waals surface area (Å²) in [6, 6.07) is 13.2. The van der Waals surface area contributed by atoms with Crippen LogP contribution < -0.4 is 5.32 Å². The van der Waals surface area contributed by atoms with Gasteiger partial charge in [-0.3, -0.25) is 9.69 Å².